The largest absolute Gasteiger partial charge is 0.384 e. The van der Waals surface area contributed by atoms with Crippen LogP contribution in [0.25, 0.3) is 21.9 Å². The third-order valence-electron chi connectivity index (χ3n) is 5.30. The van der Waals surface area contributed by atoms with E-state index in [1.54, 1.807) is 6.20 Å². The fraction of sp³-hybridized carbons (Fsp3) is 0.304. The number of carbonyl (C=O) groups excluding carboxylic acids is 1. The number of aromatic nitrogens is 1. The highest BCUT2D eigenvalue weighted by Gasteiger charge is 2.22. The molecule has 2 aromatic carbocycles. The predicted octanol–water partition coefficient (Wildman–Crippen LogP) is 4.13. The smallest absolute Gasteiger partial charge is 0.253 e. The van der Waals surface area contributed by atoms with E-state index in [-0.39, 0.29) is 12.0 Å². The van der Waals surface area contributed by atoms with Crippen LogP contribution in [0, 0.1) is 0 Å². The number of carbonyl (C=O) groups is 1. The molecule has 144 valence electrons. The Bertz CT molecular complexity index is 996. The van der Waals surface area contributed by atoms with Crippen LogP contribution < -0.4 is 5.73 Å². The monoisotopic (exact) mass is 375 g/mol. The number of ether oxygens (including phenoxy) is 1. The molecule has 0 saturated carbocycles. The van der Waals surface area contributed by atoms with E-state index >= 15 is 0 Å². The van der Waals surface area contributed by atoms with Crippen molar-refractivity contribution in [3.8, 4) is 11.1 Å². The van der Waals surface area contributed by atoms with Gasteiger partial charge in [-0.15, -0.1) is 0 Å². The van der Waals surface area contributed by atoms with Crippen LogP contribution in [0.4, 0.5) is 5.82 Å². The summed E-state index contributed by atoms with van der Waals surface area (Å²) < 4.78 is 5.71. The van der Waals surface area contributed by atoms with Crippen LogP contribution in [0.3, 0.4) is 0 Å². The summed E-state index contributed by atoms with van der Waals surface area (Å²) in [6.07, 6.45) is 4.04. The number of likely N-dealkylation sites (N-methyl/N-ethyl adjacent to an activating group) is 1. The SMILES string of the molecule is CCN(C[C@H]1CCCO1)C(=O)c1cccc(-c2ccc3cnc(N)cc3c2)c1. The molecule has 1 aliphatic rings. The molecular formula is C23H25N3O2. The Morgan fingerprint density at radius 2 is 2.04 bits per heavy atom. The molecule has 0 unspecified atom stereocenters. The Labute approximate surface area is 165 Å². The molecule has 0 aliphatic carbocycles. The van der Waals surface area contributed by atoms with Gasteiger partial charge < -0.3 is 15.4 Å². The number of anilines is 1. The molecule has 28 heavy (non-hydrogen) atoms. The van der Waals surface area contributed by atoms with Crippen molar-refractivity contribution in [1.82, 2.24) is 9.88 Å². The topological polar surface area (TPSA) is 68.5 Å². The summed E-state index contributed by atoms with van der Waals surface area (Å²) in [5.74, 6) is 0.551. The number of hydrogen-bond acceptors (Lipinski definition) is 4. The molecular weight excluding hydrogens is 350 g/mol. The number of amides is 1. The average molecular weight is 375 g/mol. The molecule has 0 radical (unpaired) electrons. The van der Waals surface area contributed by atoms with E-state index in [2.05, 4.69) is 11.1 Å². The van der Waals surface area contributed by atoms with Crippen molar-refractivity contribution in [3.05, 3.63) is 60.3 Å². The number of nitrogens with two attached hydrogens (primary N) is 1. The maximum Gasteiger partial charge on any atom is 0.253 e. The van der Waals surface area contributed by atoms with E-state index in [1.165, 1.54) is 0 Å². The van der Waals surface area contributed by atoms with Crippen molar-refractivity contribution in [3.63, 3.8) is 0 Å². The van der Waals surface area contributed by atoms with Gasteiger partial charge in [0.2, 0.25) is 0 Å². The van der Waals surface area contributed by atoms with Gasteiger partial charge in [-0.05, 0) is 60.5 Å². The van der Waals surface area contributed by atoms with Crippen LogP contribution in [-0.4, -0.2) is 41.6 Å². The third kappa shape index (κ3) is 3.85. The maximum absolute atomic E-state index is 13.0. The predicted molar refractivity (Wildman–Crippen MR) is 112 cm³/mol. The lowest BCUT2D eigenvalue weighted by Gasteiger charge is -2.24. The first-order valence-electron chi connectivity index (χ1n) is 9.80. The van der Waals surface area contributed by atoms with E-state index in [9.17, 15) is 4.79 Å². The number of hydrogen-bond donors (Lipinski definition) is 1. The van der Waals surface area contributed by atoms with Gasteiger partial charge in [-0.2, -0.15) is 0 Å². The minimum Gasteiger partial charge on any atom is -0.384 e. The summed E-state index contributed by atoms with van der Waals surface area (Å²) in [6, 6.07) is 15.8. The molecule has 1 atom stereocenters. The van der Waals surface area contributed by atoms with E-state index in [4.69, 9.17) is 10.5 Å². The van der Waals surface area contributed by atoms with Gasteiger partial charge in [0.15, 0.2) is 0 Å². The third-order valence-corrected chi connectivity index (χ3v) is 5.30. The average Bonchev–Trinajstić information content (AvgIpc) is 3.24. The Morgan fingerprint density at radius 3 is 2.82 bits per heavy atom. The van der Waals surface area contributed by atoms with Crippen LogP contribution in [0.2, 0.25) is 0 Å². The van der Waals surface area contributed by atoms with Crippen molar-refractivity contribution in [1.29, 1.82) is 0 Å². The van der Waals surface area contributed by atoms with E-state index in [0.717, 1.165) is 41.3 Å². The number of fused-ring (bicyclic) bond motifs is 1. The maximum atomic E-state index is 13.0. The van der Waals surface area contributed by atoms with E-state index < -0.39 is 0 Å². The zero-order valence-corrected chi connectivity index (χ0v) is 16.1. The van der Waals surface area contributed by atoms with Gasteiger partial charge in [0.25, 0.3) is 5.91 Å². The Balaban J connectivity index is 1.60. The molecule has 0 spiro atoms. The summed E-state index contributed by atoms with van der Waals surface area (Å²) in [6.45, 7) is 4.14. The molecule has 1 aliphatic heterocycles. The summed E-state index contributed by atoms with van der Waals surface area (Å²) in [5, 5.41) is 2.08. The quantitative estimate of drug-likeness (QED) is 0.728. The van der Waals surface area contributed by atoms with Crippen LogP contribution >= 0.6 is 0 Å². The van der Waals surface area contributed by atoms with Crippen LogP contribution in [0.5, 0.6) is 0 Å². The number of nitrogen functional groups attached to an aromatic ring is 1. The lowest BCUT2D eigenvalue weighted by molar-refractivity contribution is 0.0539. The van der Waals surface area contributed by atoms with Crippen LogP contribution in [0.1, 0.15) is 30.1 Å². The number of pyridine rings is 1. The highest BCUT2D eigenvalue weighted by molar-refractivity contribution is 5.96. The fourth-order valence-electron chi connectivity index (χ4n) is 3.74. The van der Waals surface area contributed by atoms with Gasteiger partial charge in [-0.1, -0.05) is 24.3 Å². The van der Waals surface area contributed by atoms with E-state index in [1.807, 2.05) is 54.3 Å². The van der Waals surface area contributed by atoms with Crippen LogP contribution in [0.15, 0.2) is 54.7 Å². The lowest BCUT2D eigenvalue weighted by atomic mass is 10.00. The van der Waals surface area contributed by atoms with Crippen molar-refractivity contribution < 1.29 is 9.53 Å². The Kier molecular flexibility index (Phi) is 5.26. The standard InChI is InChI=1S/C23H25N3O2/c1-2-26(15-21-7-4-10-28-21)23(27)18-6-3-5-16(11-18)17-8-9-19-14-25-22(24)13-20(19)12-17/h3,5-6,8-9,11-14,21H,2,4,7,10,15H2,1H3,(H2,24,25)/t21-/m1/s1. The van der Waals surface area contributed by atoms with Crippen molar-refractivity contribution >= 4 is 22.5 Å². The Morgan fingerprint density at radius 1 is 1.18 bits per heavy atom. The first kappa shape index (κ1) is 18.4. The fourth-order valence-corrected chi connectivity index (χ4v) is 3.74. The molecule has 1 saturated heterocycles. The second kappa shape index (κ2) is 7.98. The molecule has 5 nitrogen and oxygen atoms in total. The first-order valence-corrected chi connectivity index (χ1v) is 9.80. The van der Waals surface area contributed by atoms with Crippen molar-refractivity contribution in [2.45, 2.75) is 25.9 Å². The van der Waals surface area contributed by atoms with Gasteiger partial charge in [0.1, 0.15) is 5.82 Å². The van der Waals surface area contributed by atoms with Gasteiger partial charge in [-0.25, -0.2) is 4.98 Å². The van der Waals surface area contributed by atoms with Gasteiger partial charge in [0.05, 0.1) is 6.10 Å². The molecule has 1 aromatic heterocycles. The van der Waals surface area contributed by atoms with Gasteiger partial charge in [0, 0.05) is 36.8 Å². The minimum atomic E-state index is 0.0501. The number of benzene rings is 2. The lowest BCUT2D eigenvalue weighted by Crippen LogP contribution is -2.37. The molecule has 1 amide bonds. The molecule has 3 aromatic rings. The highest BCUT2D eigenvalue weighted by atomic mass is 16.5. The second-order valence-electron chi connectivity index (χ2n) is 7.23. The van der Waals surface area contributed by atoms with Gasteiger partial charge in [-0.3, -0.25) is 4.79 Å². The number of rotatable bonds is 5. The number of nitrogens with zero attached hydrogens (tertiary/aromatic N) is 2. The van der Waals surface area contributed by atoms with Gasteiger partial charge >= 0.3 is 0 Å². The van der Waals surface area contributed by atoms with E-state index in [0.29, 0.717) is 24.5 Å². The summed E-state index contributed by atoms with van der Waals surface area (Å²) in [7, 11) is 0. The summed E-state index contributed by atoms with van der Waals surface area (Å²) in [5.41, 5.74) is 8.58. The molecule has 1 fully saturated rings. The zero-order chi connectivity index (χ0) is 19.5. The molecule has 5 heteroatoms. The Hall–Kier alpha value is -2.92. The first-order chi connectivity index (χ1) is 13.6. The molecule has 4 rings (SSSR count). The molecule has 2 N–H and O–H groups in total. The molecule has 0 bridgehead atoms. The zero-order valence-electron chi connectivity index (χ0n) is 16.1. The summed E-state index contributed by atoms with van der Waals surface area (Å²) in [4.78, 5) is 19.1. The normalized spacial score (nSPS) is 16.4. The van der Waals surface area contributed by atoms with Crippen LogP contribution in [-0.2, 0) is 4.74 Å². The second-order valence-corrected chi connectivity index (χ2v) is 7.23. The van der Waals surface area contributed by atoms with Crippen molar-refractivity contribution in [2.75, 3.05) is 25.4 Å². The minimum absolute atomic E-state index is 0.0501. The summed E-state index contributed by atoms with van der Waals surface area (Å²) >= 11 is 0. The van der Waals surface area contributed by atoms with Crippen molar-refractivity contribution in [2.24, 2.45) is 0 Å². The highest BCUT2D eigenvalue weighted by Crippen LogP contribution is 2.26. The molecule has 2 heterocycles.